The Hall–Kier alpha value is -3.03. The molecular formula is C23H26N3O4+. The van der Waals surface area contributed by atoms with Crippen molar-refractivity contribution in [3.8, 4) is 0 Å². The van der Waals surface area contributed by atoms with Gasteiger partial charge in [0.2, 0.25) is 5.91 Å². The van der Waals surface area contributed by atoms with Crippen LogP contribution in [0.3, 0.4) is 0 Å². The van der Waals surface area contributed by atoms with E-state index in [-0.39, 0.29) is 18.5 Å². The summed E-state index contributed by atoms with van der Waals surface area (Å²) in [6.45, 7) is 5.64. The number of quaternary nitrogens is 1. The third-order valence-electron chi connectivity index (χ3n) is 5.69. The molecule has 30 heavy (non-hydrogen) atoms. The third-order valence-corrected chi connectivity index (χ3v) is 5.69. The second-order valence-electron chi connectivity index (χ2n) is 7.84. The van der Waals surface area contributed by atoms with Crippen molar-refractivity contribution in [2.45, 2.75) is 13.0 Å². The number of morpholine rings is 1. The molecule has 1 atom stereocenters. The zero-order valence-electron chi connectivity index (χ0n) is 17.0. The molecule has 0 aliphatic carbocycles. The number of fused-ring (bicyclic) bond motifs is 1. The zero-order valence-corrected chi connectivity index (χ0v) is 17.0. The fourth-order valence-corrected chi connectivity index (χ4v) is 3.97. The molecule has 0 saturated carbocycles. The molecule has 7 nitrogen and oxygen atoms in total. The maximum absolute atomic E-state index is 12.8. The van der Waals surface area contributed by atoms with Crippen LogP contribution < -0.4 is 10.2 Å². The summed E-state index contributed by atoms with van der Waals surface area (Å²) in [5, 5.41) is 3.05. The van der Waals surface area contributed by atoms with Gasteiger partial charge in [0.1, 0.15) is 32.2 Å². The van der Waals surface area contributed by atoms with E-state index in [2.05, 4.69) is 5.32 Å². The molecular weight excluding hydrogens is 382 g/mol. The van der Waals surface area contributed by atoms with Crippen molar-refractivity contribution in [1.82, 2.24) is 10.2 Å². The van der Waals surface area contributed by atoms with E-state index in [9.17, 15) is 14.4 Å². The predicted octanol–water partition coefficient (Wildman–Crippen LogP) is 0.364. The highest BCUT2D eigenvalue weighted by molar-refractivity contribution is 6.22. The number of carbonyl (C=O) groups excluding carboxylic acids is 3. The molecule has 0 radical (unpaired) electrons. The SMILES string of the molecule is Cc1ccc([C@H](C[NH+]2CCOCC2)NC(=O)CN2C(=O)c3ccccc3C2=O)cc1. The monoisotopic (exact) mass is 408 g/mol. The van der Waals surface area contributed by atoms with E-state index in [4.69, 9.17) is 4.74 Å². The van der Waals surface area contributed by atoms with Gasteiger partial charge >= 0.3 is 0 Å². The Morgan fingerprint density at radius 1 is 1.03 bits per heavy atom. The lowest BCUT2D eigenvalue weighted by Crippen LogP contribution is -3.14. The highest BCUT2D eigenvalue weighted by Crippen LogP contribution is 2.22. The van der Waals surface area contributed by atoms with E-state index in [0.29, 0.717) is 24.3 Å². The van der Waals surface area contributed by atoms with Crippen molar-refractivity contribution in [2.75, 3.05) is 39.4 Å². The van der Waals surface area contributed by atoms with Gasteiger partial charge in [0.05, 0.1) is 24.3 Å². The topological polar surface area (TPSA) is 80.2 Å². The molecule has 2 aliphatic heterocycles. The van der Waals surface area contributed by atoms with E-state index >= 15 is 0 Å². The lowest BCUT2D eigenvalue weighted by Gasteiger charge is -2.29. The van der Waals surface area contributed by atoms with Crippen LogP contribution in [-0.2, 0) is 9.53 Å². The van der Waals surface area contributed by atoms with Crippen molar-refractivity contribution in [1.29, 1.82) is 0 Å². The van der Waals surface area contributed by atoms with Gasteiger partial charge in [0.15, 0.2) is 0 Å². The van der Waals surface area contributed by atoms with Gasteiger partial charge < -0.3 is 15.0 Å². The lowest BCUT2D eigenvalue weighted by molar-refractivity contribution is -0.909. The summed E-state index contributed by atoms with van der Waals surface area (Å²) >= 11 is 0. The zero-order chi connectivity index (χ0) is 21.1. The van der Waals surface area contributed by atoms with Gasteiger partial charge in [-0.1, -0.05) is 42.0 Å². The van der Waals surface area contributed by atoms with Gasteiger partial charge in [0.25, 0.3) is 11.8 Å². The van der Waals surface area contributed by atoms with Crippen molar-refractivity contribution < 1.29 is 24.0 Å². The van der Waals surface area contributed by atoms with E-state index in [1.807, 2.05) is 31.2 Å². The molecule has 2 aromatic rings. The number of aryl methyl sites for hydroxylation is 1. The predicted molar refractivity (Wildman–Crippen MR) is 110 cm³/mol. The van der Waals surface area contributed by atoms with E-state index in [1.165, 1.54) is 4.90 Å². The van der Waals surface area contributed by atoms with E-state index in [1.54, 1.807) is 24.3 Å². The molecule has 1 saturated heterocycles. The van der Waals surface area contributed by atoms with Gasteiger partial charge in [-0.3, -0.25) is 19.3 Å². The minimum Gasteiger partial charge on any atom is -0.370 e. The number of nitrogens with one attached hydrogen (secondary N) is 2. The standard InChI is InChI=1S/C23H25N3O4/c1-16-6-8-17(9-7-16)20(14-25-10-12-30-13-11-25)24-21(27)15-26-22(28)18-4-2-3-5-19(18)23(26)29/h2-9,20H,10-15H2,1H3,(H,24,27)/p+1/t20-/m0/s1. The molecule has 2 aliphatic rings. The Kier molecular flexibility index (Phi) is 5.92. The third kappa shape index (κ3) is 4.27. The Balaban J connectivity index is 1.47. The molecule has 0 aromatic heterocycles. The van der Waals surface area contributed by atoms with Gasteiger partial charge in [-0.2, -0.15) is 0 Å². The minimum atomic E-state index is -0.420. The van der Waals surface area contributed by atoms with E-state index < -0.39 is 11.8 Å². The van der Waals surface area contributed by atoms with Gasteiger partial charge in [-0.15, -0.1) is 0 Å². The molecule has 0 bridgehead atoms. The molecule has 2 aromatic carbocycles. The summed E-state index contributed by atoms with van der Waals surface area (Å²) in [5.74, 6) is -1.18. The summed E-state index contributed by atoms with van der Waals surface area (Å²) in [6, 6.07) is 14.5. The largest absolute Gasteiger partial charge is 0.370 e. The number of benzene rings is 2. The average molecular weight is 408 g/mol. The number of ether oxygens (including phenoxy) is 1. The normalized spacial score (nSPS) is 17.7. The van der Waals surface area contributed by atoms with Crippen molar-refractivity contribution in [2.24, 2.45) is 0 Å². The lowest BCUT2D eigenvalue weighted by atomic mass is 10.0. The second kappa shape index (κ2) is 8.77. The molecule has 1 fully saturated rings. The van der Waals surface area contributed by atoms with Crippen LogP contribution in [0.1, 0.15) is 37.9 Å². The first kappa shape index (κ1) is 20.3. The maximum atomic E-state index is 12.8. The number of nitrogens with zero attached hydrogens (tertiary/aromatic N) is 1. The highest BCUT2D eigenvalue weighted by atomic mass is 16.5. The number of carbonyl (C=O) groups is 3. The van der Waals surface area contributed by atoms with Crippen molar-refractivity contribution in [3.05, 3.63) is 70.8 Å². The molecule has 4 rings (SSSR count). The average Bonchev–Trinajstić information content (AvgIpc) is 3.00. The molecule has 0 spiro atoms. The number of hydrogen-bond acceptors (Lipinski definition) is 4. The Labute approximate surface area is 175 Å². The first-order chi connectivity index (χ1) is 14.5. The minimum absolute atomic E-state index is 0.207. The van der Waals surface area contributed by atoms with Crippen LogP contribution in [0.4, 0.5) is 0 Å². The van der Waals surface area contributed by atoms with Crippen LogP contribution in [0.2, 0.25) is 0 Å². The maximum Gasteiger partial charge on any atom is 0.262 e. The van der Waals surface area contributed by atoms with Crippen LogP contribution in [0.15, 0.2) is 48.5 Å². The second-order valence-corrected chi connectivity index (χ2v) is 7.84. The van der Waals surface area contributed by atoms with Crippen molar-refractivity contribution >= 4 is 17.7 Å². The molecule has 2 heterocycles. The number of amides is 3. The fraction of sp³-hybridized carbons (Fsp3) is 0.348. The van der Waals surface area contributed by atoms with Crippen molar-refractivity contribution in [3.63, 3.8) is 0 Å². The van der Waals surface area contributed by atoms with Crippen LogP contribution in [-0.4, -0.2) is 62.0 Å². The Morgan fingerprint density at radius 2 is 1.63 bits per heavy atom. The Bertz CT molecular complexity index is 916. The molecule has 2 N–H and O–H groups in total. The summed E-state index contributed by atoms with van der Waals surface area (Å²) < 4.78 is 5.44. The molecule has 156 valence electrons. The molecule has 0 unspecified atom stereocenters. The molecule has 3 amide bonds. The first-order valence-corrected chi connectivity index (χ1v) is 10.3. The number of rotatable bonds is 6. The van der Waals surface area contributed by atoms with Crippen LogP contribution in [0.5, 0.6) is 0 Å². The van der Waals surface area contributed by atoms with Gasteiger partial charge in [-0.05, 0) is 24.6 Å². The number of hydrogen-bond donors (Lipinski definition) is 2. The Morgan fingerprint density at radius 3 is 2.23 bits per heavy atom. The van der Waals surface area contributed by atoms with Crippen LogP contribution >= 0.6 is 0 Å². The first-order valence-electron chi connectivity index (χ1n) is 10.3. The summed E-state index contributed by atoms with van der Waals surface area (Å²) in [5.41, 5.74) is 2.86. The van der Waals surface area contributed by atoms with E-state index in [0.717, 1.165) is 35.7 Å². The molecule has 7 heteroatoms. The summed E-state index contributed by atoms with van der Waals surface area (Å²) in [4.78, 5) is 40.3. The van der Waals surface area contributed by atoms with Gasteiger partial charge in [-0.25, -0.2) is 0 Å². The smallest absolute Gasteiger partial charge is 0.262 e. The van der Waals surface area contributed by atoms with Gasteiger partial charge in [0, 0.05) is 0 Å². The van der Waals surface area contributed by atoms with Crippen LogP contribution in [0, 0.1) is 6.92 Å². The summed E-state index contributed by atoms with van der Waals surface area (Å²) in [7, 11) is 0. The summed E-state index contributed by atoms with van der Waals surface area (Å²) in [6.07, 6.45) is 0. The fourth-order valence-electron chi connectivity index (χ4n) is 3.97. The quantitative estimate of drug-likeness (QED) is 0.677. The highest BCUT2D eigenvalue weighted by Gasteiger charge is 2.36. The van der Waals surface area contributed by atoms with Crippen LogP contribution in [0.25, 0.3) is 0 Å². The number of imide groups is 1.